The van der Waals surface area contributed by atoms with Crippen LogP contribution in [0, 0.1) is 0 Å². The second-order valence-electron chi connectivity index (χ2n) is 9.40. The molecule has 0 spiro atoms. The molecule has 5 rings (SSSR count). The largest absolute Gasteiger partial charge is 0.868 e. The fraction of sp³-hybridized carbons (Fsp3) is 0.194. The minimum Gasteiger partial charge on any atom is -0.868 e. The number of amides is 1. The van der Waals surface area contributed by atoms with Crippen LogP contribution in [0.1, 0.15) is 35.1 Å². The minimum atomic E-state index is -0.640. The van der Waals surface area contributed by atoms with E-state index in [1.165, 1.54) is 37.5 Å². The third-order valence-electron chi connectivity index (χ3n) is 7.05. The molecular weight excluding hydrogens is 506 g/mol. The molecule has 1 aromatic heterocycles. The Balaban J connectivity index is 1.43. The van der Waals surface area contributed by atoms with Gasteiger partial charge in [-0.25, -0.2) is 4.98 Å². The van der Waals surface area contributed by atoms with Gasteiger partial charge in [-0.3, -0.25) is 9.79 Å². The fourth-order valence-electron chi connectivity index (χ4n) is 5.12. The number of aliphatic hydroxyl groups excluding tert-OH is 1. The van der Waals surface area contributed by atoms with Crippen LogP contribution in [0.25, 0.3) is 11.1 Å². The van der Waals surface area contributed by atoms with E-state index in [0.717, 1.165) is 22.3 Å². The average molecular weight is 537 g/mol. The normalized spacial score (nSPS) is 15.8. The molecule has 0 atom stereocenters. The number of carbonyl (C=O) groups is 1. The van der Waals surface area contributed by atoms with Gasteiger partial charge >= 0.3 is 0 Å². The summed E-state index contributed by atoms with van der Waals surface area (Å²) in [5.74, 6) is -0.464. The summed E-state index contributed by atoms with van der Waals surface area (Å²) < 4.78 is 5.43. The van der Waals surface area contributed by atoms with Crippen LogP contribution in [-0.4, -0.2) is 47.3 Å². The molecule has 3 aromatic rings. The maximum atomic E-state index is 13.4. The van der Waals surface area contributed by atoms with Crippen molar-refractivity contribution in [1.29, 1.82) is 0 Å². The molecule has 4 N–H and O–H groups in total. The summed E-state index contributed by atoms with van der Waals surface area (Å²) in [6, 6.07) is 18.0. The van der Waals surface area contributed by atoms with Crippen LogP contribution in [0.3, 0.4) is 0 Å². The van der Waals surface area contributed by atoms with Crippen molar-refractivity contribution in [3.63, 3.8) is 0 Å². The monoisotopic (exact) mass is 536 g/mol. The molecule has 2 aliphatic rings. The van der Waals surface area contributed by atoms with Crippen molar-refractivity contribution in [2.24, 2.45) is 10.7 Å². The summed E-state index contributed by atoms with van der Waals surface area (Å²) in [7, 11) is 1.48. The number of nitrogens with zero attached hydrogens (tertiary/aromatic N) is 3. The summed E-state index contributed by atoms with van der Waals surface area (Å²) in [6.45, 7) is 0.784. The van der Waals surface area contributed by atoms with E-state index in [2.05, 4.69) is 27.4 Å². The number of rotatable bonds is 7. The maximum Gasteiger partial charge on any atom is 0.239 e. The average Bonchev–Trinajstić information content (AvgIpc) is 3.46. The van der Waals surface area contributed by atoms with Gasteiger partial charge in [-0.2, -0.15) is 0 Å². The number of carbonyl (C=O) groups excluding carboxylic acids is 1. The van der Waals surface area contributed by atoms with E-state index in [-0.39, 0.29) is 12.2 Å². The Morgan fingerprint density at radius 2 is 1.90 bits per heavy atom. The van der Waals surface area contributed by atoms with Gasteiger partial charge in [0.15, 0.2) is 5.82 Å². The molecule has 204 valence electrons. The predicted molar refractivity (Wildman–Crippen MR) is 153 cm³/mol. The summed E-state index contributed by atoms with van der Waals surface area (Å²) in [6.07, 6.45) is 6.94. The lowest BCUT2D eigenvalue weighted by molar-refractivity contribution is -0.299. The number of methoxy groups -OCH3 is 1. The highest BCUT2D eigenvalue weighted by Crippen LogP contribution is 2.43. The van der Waals surface area contributed by atoms with Gasteiger partial charge in [0.05, 0.1) is 25.5 Å². The first-order valence-corrected chi connectivity index (χ1v) is 13.0. The Morgan fingerprint density at radius 3 is 2.60 bits per heavy atom. The summed E-state index contributed by atoms with van der Waals surface area (Å²) in [4.78, 5) is 23.6. The molecule has 1 fully saturated rings. The first kappa shape index (κ1) is 26.7. The van der Waals surface area contributed by atoms with E-state index in [4.69, 9.17) is 10.5 Å². The van der Waals surface area contributed by atoms with Crippen LogP contribution < -0.4 is 20.9 Å². The Kier molecular flexibility index (Phi) is 7.93. The number of nitrogens with one attached hydrogen (secondary N) is 1. The molecule has 0 saturated carbocycles. The van der Waals surface area contributed by atoms with Gasteiger partial charge in [0.25, 0.3) is 0 Å². The van der Waals surface area contributed by atoms with Crippen molar-refractivity contribution in [2.75, 3.05) is 25.5 Å². The molecule has 40 heavy (non-hydrogen) atoms. The summed E-state index contributed by atoms with van der Waals surface area (Å²) >= 11 is 0. The number of fused-ring (bicyclic) bond motifs is 1. The number of likely N-dealkylation sites (tertiary alicyclic amines) is 1. The number of aromatic nitrogens is 1. The number of pyridine rings is 1. The molecule has 0 radical (unpaired) electrons. The molecule has 1 amide bonds. The number of anilines is 1. The quantitative estimate of drug-likeness (QED) is 0.311. The van der Waals surface area contributed by atoms with Gasteiger partial charge in [0.2, 0.25) is 5.91 Å². The number of benzene rings is 2. The molecule has 0 unspecified atom stereocenters. The van der Waals surface area contributed by atoms with Gasteiger partial charge in [0.1, 0.15) is 11.4 Å². The van der Waals surface area contributed by atoms with E-state index in [9.17, 15) is 15.0 Å². The molecule has 2 aromatic carbocycles. The summed E-state index contributed by atoms with van der Waals surface area (Å²) in [5, 5.41) is 26.1. The smallest absolute Gasteiger partial charge is 0.239 e. The first-order valence-electron chi connectivity index (χ1n) is 13.0. The highest BCUT2D eigenvalue weighted by molar-refractivity contribution is 6.24. The third-order valence-corrected chi connectivity index (χ3v) is 7.05. The number of ether oxygens (including phenoxy) is 1. The minimum absolute atomic E-state index is 0.0387. The second kappa shape index (κ2) is 11.9. The van der Waals surface area contributed by atoms with Crippen molar-refractivity contribution in [1.82, 2.24) is 9.88 Å². The van der Waals surface area contributed by atoms with Gasteiger partial charge in [-0.1, -0.05) is 54.1 Å². The lowest BCUT2D eigenvalue weighted by atomic mass is 9.88. The van der Waals surface area contributed by atoms with Crippen molar-refractivity contribution < 1.29 is 19.7 Å². The molecule has 1 saturated heterocycles. The Hall–Kier alpha value is -4.89. The zero-order valence-electron chi connectivity index (χ0n) is 22.1. The second-order valence-corrected chi connectivity index (χ2v) is 9.40. The lowest BCUT2D eigenvalue weighted by Crippen LogP contribution is -2.40. The Bertz CT molecular complexity index is 1530. The zero-order chi connectivity index (χ0) is 28.1. The van der Waals surface area contributed by atoms with Crippen LogP contribution in [0.5, 0.6) is 5.75 Å². The van der Waals surface area contributed by atoms with Crippen molar-refractivity contribution in [3.05, 3.63) is 107 Å². The van der Waals surface area contributed by atoms with Crippen molar-refractivity contribution in [2.45, 2.75) is 19.4 Å². The SMILES string of the molecule is COc1cnc(N/C=C\N)c2c1C(=C([O-])C(=O)N1CCC(=C(c3ccccc3)c3cccc(CO)c3)CC1)C=N2. The van der Waals surface area contributed by atoms with Crippen LogP contribution >= 0.6 is 0 Å². The number of piperidine rings is 1. The number of aliphatic imine (C=N–C) groups is 1. The molecule has 0 bridgehead atoms. The predicted octanol–water partition coefficient (Wildman–Crippen LogP) is 3.34. The van der Waals surface area contributed by atoms with Crippen molar-refractivity contribution >= 4 is 34.8 Å². The molecule has 9 nitrogen and oxygen atoms in total. The van der Waals surface area contributed by atoms with Gasteiger partial charge in [-0.15, -0.1) is 0 Å². The van der Waals surface area contributed by atoms with Crippen LogP contribution in [0.15, 0.2) is 89.5 Å². The van der Waals surface area contributed by atoms with Gasteiger partial charge in [-0.05, 0) is 46.9 Å². The Morgan fingerprint density at radius 1 is 1.15 bits per heavy atom. The van der Waals surface area contributed by atoms with Gasteiger partial charge in [0, 0.05) is 37.3 Å². The number of nitrogens with two attached hydrogens (primary N) is 1. The third kappa shape index (κ3) is 5.19. The van der Waals surface area contributed by atoms with E-state index < -0.39 is 11.7 Å². The standard InChI is InChI=1S/C31H31N5O4/c1-40-25-18-35-30(33-13-12-32)28-27(25)24(17-34-28)29(38)31(39)36-14-10-22(11-15-36)26(21-7-3-2-4-8-21)23-9-5-6-20(16-23)19-37/h2-9,12-13,16-18,37-38H,10-11,14-15,19,32H2,1H3,(H,33,35)/p-1/b13-12-,29-24?. The molecule has 3 heterocycles. The molecular formula is C31H30N5O4-. The summed E-state index contributed by atoms with van der Waals surface area (Å²) in [5.41, 5.74) is 11.7. The first-order chi connectivity index (χ1) is 19.5. The molecule has 9 heteroatoms. The van der Waals surface area contributed by atoms with E-state index in [1.807, 2.05) is 42.5 Å². The topological polar surface area (TPSA) is 136 Å². The Labute approximate surface area is 232 Å². The number of allylic oxidation sites excluding steroid dienone is 1. The molecule has 0 aliphatic carbocycles. The fourth-order valence-corrected chi connectivity index (χ4v) is 5.12. The van der Waals surface area contributed by atoms with Crippen LogP contribution in [0.2, 0.25) is 0 Å². The van der Waals surface area contributed by atoms with Crippen LogP contribution in [0.4, 0.5) is 11.5 Å². The number of aliphatic hydroxyl groups is 1. The number of hydrogen-bond acceptors (Lipinski definition) is 8. The lowest BCUT2D eigenvalue weighted by Gasteiger charge is -2.33. The van der Waals surface area contributed by atoms with Crippen LogP contribution in [-0.2, 0) is 11.4 Å². The highest BCUT2D eigenvalue weighted by Gasteiger charge is 2.27. The van der Waals surface area contributed by atoms with E-state index >= 15 is 0 Å². The molecule has 2 aliphatic heterocycles. The van der Waals surface area contributed by atoms with E-state index in [0.29, 0.717) is 48.7 Å². The number of hydrogen-bond donors (Lipinski definition) is 3. The maximum absolute atomic E-state index is 13.4. The zero-order valence-corrected chi connectivity index (χ0v) is 22.1. The van der Waals surface area contributed by atoms with Gasteiger partial charge < -0.3 is 30.9 Å². The van der Waals surface area contributed by atoms with Crippen molar-refractivity contribution in [3.8, 4) is 5.75 Å². The van der Waals surface area contributed by atoms with E-state index in [1.54, 1.807) is 4.90 Å². The highest BCUT2D eigenvalue weighted by atomic mass is 16.5.